The van der Waals surface area contributed by atoms with E-state index in [9.17, 15) is 18.8 Å². The van der Waals surface area contributed by atoms with Crippen LogP contribution >= 0.6 is 0 Å². The average Bonchev–Trinajstić information content (AvgIpc) is 2.89. The number of amides is 2. The third-order valence-corrected chi connectivity index (χ3v) is 5.82. The summed E-state index contributed by atoms with van der Waals surface area (Å²) < 4.78 is 23.9. The van der Waals surface area contributed by atoms with Gasteiger partial charge in [-0.3, -0.25) is 14.4 Å². The third-order valence-electron chi connectivity index (χ3n) is 5.82. The Kier molecular flexibility index (Phi) is 7.40. The van der Waals surface area contributed by atoms with Crippen LogP contribution in [0.25, 0.3) is 0 Å². The van der Waals surface area contributed by atoms with Gasteiger partial charge >= 0.3 is 5.97 Å². The van der Waals surface area contributed by atoms with Crippen molar-refractivity contribution in [1.29, 1.82) is 0 Å². The van der Waals surface area contributed by atoms with Gasteiger partial charge in [0, 0.05) is 24.3 Å². The van der Waals surface area contributed by atoms with Crippen LogP contribution in [-0.2, 0) is 4.79 Å². The second-order valence-electron chi connectivity index (χ2n) is 8.20. The molecule has 3 aromatic carbocycles. The van der Waals surface area contributed by atoms with Gasteiger partial charge in [-0.1, -0.05) is 12.1 Å². The smallest absolute Gasteiger partial charge is 0.316 e. The minimum Gasteiger partial charge on any atom is -0.496 e. The Hall–Kier alpha value is -4.20. The molecule has 35 heavy (non-hydrogen) atoms. The van der Waals surface area contributed by atoms with Gasteiger partial charge in [0.05, 0.1) is 18.6 Å². The first kappa shape index (κ1) is 23.9. The van der Waals surface area contributed by atoms with E-state index in [-0.39, 0.29) is 18.4 Å². The summed E-state index contributed by atoms with van der Waals surface area (Å²) in [6, 6.07) is 18.7. The van der Waals surface area contributed by atoms with Crippen LogP contribution in [0, 0.1) is 11.7 Å². The number of halogens is 1. The third kappa shape index (κ3) is 5.84. The number of nitrogens with one attached hydrogen (secondary N) is 1. The number of piperidine rings is 1. The van der Waals surface area contributed by atoms with Crippen molar-refractivity contribution in [3.05, 3.63) is 89.7 Å². The summed E-state index contributed by atoms with van der Waals surface area (Å²) in [5.41, 5.74) is 1.32. The monoisotopic (exact) mass is 476 g/mol. The number of likely N-dealkylation sites (tertiary alicyclic amines) is 1. The van der Waals surface area contributed by atoms with Crippen molar-refractivity contribution < 1.29 is 28.2 Å². The molecule has 4 rings (SSSR count). The van der Waals surface area contributed by atoms with E-state index >= 15 is 0 Å². The van der Waals surface area contributed by atoms with E-state index in [0.29, 0.717) is 47.7 Å². The molecule has 180 valence electrons. The highest BCUT2D eigenvalue weighted by Gasteiger charge is 2.30. The second kappa shape index (κ2) is 10.8. The number of para-hydroxylation sites is 1. The average molecular weight is 477 g/mol. The number of carbonyl (C=O) groups excluding carboxylic acids is 3. The van der Waals surface area contributed by atoms with Crippen molar-refractivity contribution in [1.82, 2.24) is 4.90 Å². The van der Waals surface area contributed by atoms with Crippen molar-refractivity contribution in [3.8, 4) is 11.5 Å². The van der Waals surface area contributed by atoms with Gasteiger partial charge in [0.15, 0.2) is 0 Å². The Labute approximate surface area is 202 Å². The topological polar surface area (TPSA) is 84.9 Å². The van der Waals surface area contributed by atoms with Gasteiger partial charge in [0.1, 0.15) is 17.3 Å². The minimum absolute atomic E-state index is 0.238. The van der Waals surface area contributed by atoms with Gasteiger partial charge in [-0.25, -0.2) is 4.39 Å². The molecule has 7 nitrogen and oxygen atoms in total. The maximum absolute atomic E-state index is 13.2. The highest BCUT2D eigenvalue weighted by atomic mass is 19.1. The number of rotatable bonds is 6. The molecule has 3 aromatic rings. The number of hydrogen-bond acceptors (Lipinski definition) is 5. The zero-order valence-electron chi connectivity index (χ0n) is 19.2. The molecule has 0 saturated carbocycles. The standard InChI is InChI=1S/C27H25FN2O5/c1-34-24-7-3-2-6-23(24)25(31)29-21-12-14-22(15-13-21)35-27(33)19-5-4-16-30(17-19)26(32)18-8-10-20(28)11-9-18/h2-3,6-15,19H,4-5,16-17H2,1H3,(H,29,31). The molecule has 1 aliphatic rings. The lowest BCUT2D eigenvalue weighted by molar-refractivity contribution is -0.140. The fraction of sp³-hybridized carbons (Fsp3) is 0.222. The molecule has 1 unspecified atom stereocenters. The van der Waals surface area contributed by atoms with Crippen molar-refractivity contribution in [2.24, 2.45) is 5.92 Å². The number of benzene rings is 3. The summed E-state index contributed by atoms with van der Waals surface area (Å²) in [6.07, 6.45) is 1.28. The predicted molar refractivity (Wildman–Crippen MR) is 128 cm³/mol. The predicted octanol–water partition coefficient (Wildman–Crippen LogP) is 4.54. The van der Waals surface area contributed by atoms with Crippen LogP contribution in [0.3, 0.4) is 0 Å². The van der Waals surface area contributed by atoms with Gasteiger partial charge in [-0.2, -0.15) is 0 Å². The van der Waals surface area contributed by atoms with Crippen molar-refractivity contribution in [2.45, 2.75) is 12.8 Å². The maximum Gasteiger partial charge on any atom is 0.316 e. The summed E-state index contributed by atoms with van der Waals surface area (Å²) >= 11 is 0. The Morgan fingerprint density at radius 1 is 0.971 bits per heavy atom. The fourth-order valence-corrected chi connectivity index (χ4v) is 3.97. The molecule has 1 atom stereocenters. The van der Waals surface area contributed by atoms with E-state index in [0.717, 1.165) is 0 Å². The normalized spacial score (nSPS) is 15.3. The number of esters is 1. The lowest BCUT2D eigenvalue weighted by Gasteiger charge is -2.31. The summed E-state index contributed by atoms with van der Waals surface area (Å²) in [4.78, 5) is 39.6. The van der Waals surface area contributed by atoms with Gasteiger partial charge in [0.25, 0.3) is 11.8 Å². The first-order valence-corrected chi connectivity index (χ1v) is 11.3. The number of ether oxygens (including phenoxy) is 2. The summed E-state index contributed by atoms with van der Waals surface area (Å²) in [7, 11) is 1.50. The summed E-state index contributed by atoms with van der Waals surface area (Å²) in [5.74, 6) is -1.04. The van der Waals surface area contributed by atoms with Crippen LogP contribution in [0.2, 0.25) is 0 Å². The number of methoxy groups -OCH3 is 1. The molecule has 0 bridgehead atoms. The largest absolute Gasteiger partial charge is 0.496 e. The summed E-state index contributed by atoms with van der Waals surface area (Å²) in [5, 5.41) is 2.79. The molecule has 0 radical (unpaired) electrons. The zero-order valence-corrected chi connectivity index (χ0v) is 19.2. The van der Waals surface area contributed by atoms with Crippen LogP contribution in [0.15, 0.2) is 72.8 Å². The lowest BCUT2D eigenvalue weighted by atomic mass is 9.97. The molecular formula is C27H25FN2O5. The van der Waals surface area contributed by atoms with Crippen molar-refractivity contribution >= 4 is 23.5 Å². The minimum atomic E-state index is -0.460. The molecule has 0 spiro atoms. The van der Waals surface area contributed by atoms with E-state index < -0.39 is 17.7 Å². The molecule has 1 saturated heterocycles. The highest BCUT2D eigenvalue weighted by Crippen LogP contribution is 2.24. The number of hydrogen-bond donors (Lipinski definition) is 1. The lowest BCUT2D eigenvalue weighted by Crippen LogP contribution is -2.43. The zero-order chi connectivity index (χ0) is 24.8. The van der Waals surface area contributed by atoms with Crippen LogP contribution in [-0.4, -0.2) is 42.9 Å². The Balaban J connectivity index is 1.34. The first-order valence-electron chi connectivity index (χ1n) is 11.3. The molecule has 1 fully saturated rings. The number of anilines is 1. The second-order valence-corrected chi connectivity index (χ2v) is 8.20. The van der Waals surface area contributed by atoms with Crippen LogP contribution in [0.4, 0.5) is 10.1 Å². The molecule has 0 aromatic heterocycles. The van der Waals surface area contributed by atoms with Crippen molar-refractivity contribution in [2.75, 3.05) is 25.5 Å². The Morgan fingerprint density at radius 3 is 2.40 bits per heavy atom. The summed E-state index contributed by atoms with van der Waals surface area (Å²) in [6.45, 7) is 0.767. The van der Waals surface area contributed by atoms with Gasteiger partial charge in [-0.15, -0.1) is 0 Å². The van der Waals surface area contributed by atoms with E-state index in [1.54, 1.807) is 53.4 Å². The molecule has 8 heteroatoms. The molecule has 2 amide bonds. The Bertz CT molecular complexity index is 1210. The van der Waals surface area contributed by atoms with Crippen molar-refractivity contribution in [3.63, 3.8) is 0 Å². The molecular weight excluding hydrogens is 451 g/mol. The van der Waals surface area contributed by atoms with Crippen LogP contribution in [0.5, 0.6) is 11.5 Å². The van der Waals surface area contributed by atoms with Crippen LogP contribution < -0.4 is 14.8 Å². The quantitative estimate of drug-likeness (QED) is 0.417. The van der Waals surface area contributed by atoms with Gasteiger partial charge in [0.2, 0.25) is 0 Å². The van der Waals surface area contributed by atoms with E-state index in [4.69, 9.17) is 9.47 Å². The molecule has 1 heterocycles. The van der Waals surface area contributed by atoms with E-state index in [1.807, 2.05) is 0 Å². The first-order chi connectivity index (χ1) is 16.9. The Morgan fingerprint density at radius 2 is 1.69 bits per heavy atom. The van der Waals surface area contributed by atoms with E-state index in [2.05, 4.69) is 5.32 Å². The van der Waals surface area contributed by atoms with Gasteiger partial charge < -0.3 is 19.7 Å². The van der Waals surface area contributed by atoms with Crippen LogP contribution in [0.1, 0.15) is 33.6 Å². The fourth-order valence-electron chi connectivity index (χ4n) is 3.97. The highest BCUT2D eigenvalue weighted by molar-refractivity contribution is 6.06. The maximum atomic E-state index is 13.2. The number of carbonyl (C=O) groups is 3. The van der Waals surface area contributed by atoms with Gasteiger partial charge in [-0.05, 0) is 73.5 Å². The molecule has 0 aliphatic carbocycles. The van der Waals surface area contributed by atoms with E-state index in [1.165, 1.54) is 31.4 Å². The molecule has 1 aliphatic heterocycles. The molecule has 1 N–H and O–H groups in total. The SMILES string of the molecule is COc1ccccc1C(=O)Nc1ccc(OC(=O)C2CCCN(C(=O)c3ccc(F)cc3)C2)cc1. The number of nitrogens with zero attached hydrogens (tertiary/aromatic N) is 1.